The van der Waals surface area contributed by atoms with Crippen LogP contribution in [0.2, 0.25) is 0 Å². The van der Waals surface area contributed by atoms with Crippen LogP contribution in [0.5, 0.6) is 0 Å². The summed E-state index contributed by atoms with van der Waals surface area (Å²) in [6.07, 6.45) is 0.545. The molecule has 0 bridgehead atoms. The molecule has 284 valence electrons. The van der Waals surface area contributed by atoms with E-state index in [0.717, 1.165) is 77.2 Å². The van der Waals surface area contributed by atoms with Gasteiger partial charge in [-0.25, -0.2) is 24.7 Å². The van der Waals surface area contributed by atoms with Crippen molar-refractivity contribution < 1.29 is 35.9 Å². The van der Waals surface area contributed by atoms with Crippen LogP contribution in [0, 0.1) is 0 Å². The second kappa shape index (κ2) is 15.0. The molecule has 4 N–H and O–H groups in total. The van der Waals surface area contributed by atoms with E-state index in [9.17, 15) is 31.1 Å². The fourth-order valence-electron chi connectivity index (χ4n) is 6.51. The van der Waals surface area contributed by atoms with Gasteiger partial charge in [0.2, 0.25) is 11.9 Å². The third kappa shape index (κ3) is 7.98. The normalized spacial score (nSPS) is 16.0. The van der Waals surface area contributed by atoms with E-state index in [-0.39, 0.29) is 29.5 Å². The summed E-state index contributed by atoms with van der Waals surface area (Å²) in [7, 11) is 1.06. The lowest BCUT2D eigenvalue weighted by Crippen LogP contribution is -2.29. The van der Waals surface area contributed by atoms with Crippen molar-refractivity contribution in [3.05, 3.63) is 72.1 Å². The fourth-order valence-corrected chi connectivity index (χ4v) is 6.51. The average Bonchev–Trinajstić information content (AvgIpc) is 3.84. The topological polar surface area (TPSA) is 162 Å². The molecule has 1 aromatic carbocycles. The summed E-state index contributed by atoms with van der Waals surface area (Å²) in [5, 5.41) is 21.0. The highest BCUT2D eigenvalue weighted by molar-refractivity contribution is 5.94. The van der Waals surface area contributed by atoms with Crippen LogP contribution in [0.25, 0.3) is 22.5 Å². The van der Waals surface area contributed by atoms with Crippen molar-refractivity contribution in [2.75, 3.05) is 43.9 Å². The maximum atomic E-state index is 14.6. The van der Waals surface area contributed by atoms with E-state index in [0.29, 0.717) is 23.8 Å². The molecule has 7 rings (SSSR count). The van der Waals surface area contributed by atoms with Crippen LogP contribution in [0.3, 0.4) is 0 Å². The van der Waals surface area contributed by atoms with E-state index in [1.165, 1.54) is 12.4 Å². The lowest BCUT2D eigenvalue weighted by atomic mass is 9.94. The Balaban J connectivity index is 1.32. The molecule has 6 heterocycles. The van der Waals surface area contributed by atoms with Crippen LogP contribution < -0.4 is 21.3 Å². The largest absolute Gasteiger partial charge is 0.465 e. The summed E-state index contributed by atoms with van der Waals surface area (Å²) in [6, 6.07) is 3.40. The third-order valence-corrected chi connectivity index (χ3v) is 9.22. The Labute approximate surface area is 303 Å². The number of ether oxygens (including phenoxy) is 1. The molecule has 54 heavy (non-hydrogen) atoms. The van der Waals surface area contributed by atoms with Gasteiger partial charge in [0.05, 0.1) is 59.9 Å². The molecular formula is C34H34F6N12O2. The van der Waals surface area contributed by atoms with Crippen molar-refractivity contribution in [3.63, 3.8) is 0 Å². The second-order valence-electron chi connectivity index (χ2n) is 12.8. The van der Waals surface area contributed by atoms with Gasteiger partial charge in [0, 0.05) is 35.9 Å². The lowest BCUT2D eigenvalue weighted by molar-refractivity contribution is -0.138. The summed E-state index contributed by atoms with van der Waals surface area (Å²) in [6.45, 7) is 3.21. The van der Waals surface area contributed by atoms with E-state index in [2.05, 4.69) is 51.4 Å². The molecule has 2 aliphatic heterocycles. The van der Waals surface area contributed by atoms with Gasteiger partial charge < -0.3 is 26.0 Å². The Hall–Kier alpha value is -5.63. The number of nitrogens with zero attached hydrogens (tertiary/aromatic N) is 8. The van der Waals surface area contributed by atoms with Gasteiger partial charge in [-0.05, 0) is 64.0 Å². The predicted octanol–water partition coefficient (Wildman–Crippen LogP) is 6.15. The van der Waals surface area contributed by atoms with Crippen molar-refractivity contribution in [1.82, 2.24) is 50.1 Å². The number of benzene rings is 1. The number of nitrogens with one attached hydrogen (secondary N) is 4. The molecule has 0 spiro atoms. The van der Waals surface area contributed by atoms with E-state index in [1.54, 1.807) is 21.8 Å². The third-order valence-electron chi connectivity index (χ3n) is 9.22. The van der Waals surface area contributed by atoms with Crippen molar-refractivity contribution >= 4 is 29.2 Å². The molecule has 0 radical (unpaired) electrons. The first-order chi connectivity index (χ1) is 25.9. The van der Waals surface area contributed by atoms with Gasteiger partial charge >= 0.3 is 18.3 Å². The van der Waals surface area contributed by atoms with Crippen LogP contribution in [0.4, 0.5) is 49.6 Å². The van der Waals surface area contributed by atoms with Crippen molar-refractivity contribution in [2.45, 2.75) is 50.1 Å². The lowest BCUT2D eigenvalue weighted by Gasteiger charge is -2.22. The number of carbonyl (C=O) groups is 1. The molecular weight excluding hydrogens is 722 g/mol. The van der Waals surface area contributed by atoms with Gasteiger partial charge in [0.15, 0.2) is 0 Å². The molecule has 0 aliphatic carbocycles. The molecule has 2 saturated heterocycles. The van der Waals surface area contributed by atoms with Gasteiger partial charge in [0.1, 0.15) is 11.1 Å². The zero-order chi connectivity index (χ0) is 38.0. The van der Waals surface area contributed by atoms with Gasteiger partial charge in [-0.3, -0.25) is 9.36 Å². The van der Waals surface area contributed by atoms with E-state index in [4.69, 9.17) is 4.74 Å². The number of hydrogen-bond acceptors (Lipinski definition) is 12. The molecule has 0 amide bonds. The summed E-state index contributed by atoms with van der Waals surface area (Å²) >= 11 is 0. The van der Waals surface area contributed by atoms with Crippen LogP contribution >= 0.6 is 0 Å². The number of methoxy groups -OCH3 is 1. The number of rotatable bonds is 9. The standard InChI is InChI=1S/C34H34F6N12O2/c1-54-30(53)19-2-3-24(28-26(33(35,36)37)15-43-31(49-28)47-20-13-45-51(17-20)22-4-8-41-9-5-22)25(12-19)29-27(34(38,39)40)16-44-32(50-29)48-21-14-46-52(18-21)23-6-10-42-11-7-23/h2-3,12-18,22-23,41-42H,4-11H2,1H3,(H,43,47,49)(H,44,48,50). The van der Waals surface area contributed by atoms with Crippen molar-refractivity contribution in [3.8, 4) is 22.5 Å². The number of anilines is 4. The van der Waals surface area contributed by atoms with Crippen LogP contribution in [-0.4, -0.2) is 78.8 Å². The Morgan fingerprint density at radius 1 is 0.722 bits per heavy atom. The zero-order valence-electron chi connectivity index (χ0n) is 28.7. The van der Waals surface area contributed by atoms with Crippen LogP contribution in [0.1, 0.15) is 59.3 Å². The maximum Gasteiger partial charge on any atom is 0.419 e. The van der Waals surface area contributed by atoms with Gasteiger partial charge in [-0.2, -0.15) is 36.5 Å². The summed E-state index contributed by atoms with van der Waals surface area (Å²) in [5.41, 5.74) is -4.67. The molecule has 0 atom stereocenters. The average molecular weight is 757 g/mol. The SMILES string of the molecule is COC(=O)c1ccc(-c2nc(Nc3cnn(C4CCNCC4)c3)ncc2C(F)(F)F)c(-c2nc(Nc3cnn(C4CCNCC4)c3)ncc2C(F)(F)F)c1. The van der Waals surface area contributed by atoms with Crippen LogP contribution in [0.15, 0.2) is 55.4 Å². The molecule has 0 saturated carbocycles. The van der Waals surface area contributed by atoms with E-state index < -0.39 is 52.0 Å². The molecule has 5 aromatic rings. The van der Waals surface area contributed by atoms with Gasteiger partial charge in [-0.15, -0.1) is 0 Å². The minimum Gasteiger partial charge on any atom is -0.465 e. The van der Waals surface area contributed by atoms with E-state index >= 15 is 0 Å². The number of aromatic nitrogens is 8. The number of halogens is 6. The highest BCUT2D eigenvalue weighted by Crippen LogP contribution is 2.44. The first-order valence-electron chi connectivity index (χ1n) is 17.0. The Kier molecular flexibility index (Phi) is 10.2. The number of hydrogen-bond donors (Lipinski definition) is 4. The quantitative estimate of drug-likeness (QED) is 0.100. The monoisotopic (exact) mass is 756 g/mol. The minimum absolute atomic E-state index is 0.107. The molecule has 2 fully saturated rings. The van der Waals surface area contributed by atoms with Crippen LogP contribution in [-0.2, 0) is 17.1 Å². The minimum atomic E-state index is -5.06. The molecule has 20 heteroatoms. The van der Waals surface area contributed by atoms with Crippen molar-refractivity contribution in [2.24, 2.45) is 0 Å². The number of esters is 1. The Bertz CT molecular complexity index is 2120. The number of alkyl halides is 6. The van der Waals surface area contributed by atoms with E-state index in [1.807, 2.05) is 0 Å². The van der Waals surface area contributed by atoms with Gasteiger partial charge in [0.25, 0.3) is 0 Å². The van der Waals surface area contributed by atoms with Crippen molar-refractivity contribution in [1.29, 1.82) is 0 Å². The zero-order valence-corrected chi connectivity index (χ0v) is 28.7. The van der Waals surface area contributed by atoms with Gasteiger partial charge in [-0.1, -0.05) is 6.07 Å². The summed E-state index contributed by atoms with van der Waals surface area (Å²) in [4.78, 5) is 28.7. The Morgan fingerprint density at radius 2 is 1.19 bits per heavy atom. The molecule has 14 nitrogen and oxygen atoms in total. The smallest absolute Gasteiger partial charge is 0.419 e. The number of piperidine rings is 2. The highest BCUT2D eigenvalue weighted by Gasteiger charge is 2.39. The molecule has 0 unspecified atom stereocenters. The molecule has 4 aromatic heterocycles. The highest BCUT2D eigenvalue weighted by atomic mass is 19.4. The summed E-state index contributed by atoms with van der Waals surface area (Å²) in [5.74, 6) is -1.53. The number of carbonyl (C=O) groups excluding carboxylic acids is 1. The summed E-state index contributed by atoms with van der Waals surface area (Å²) < 4.78 is 95.9. The first kappa shape index (κ1) is 36.7. The molecule has 2 aliphatic rings. The predicted molar refractivity (Wildman–Crippen MR) is 183 cm³/mol. The second-order valence-corrected chi connectivity index (χ2v) is 12.8. The fraction of sp³-hybridized carbons (Fsp3) is 0.382. The maximum absolute atomic E-state index is 14.6. The Morgan fingerprint density at radius 3 is 1.63 bits per heavy atom. The first-order valence-corrected chi connectivity index (χ1v) is 17.0.